The number of hydrogen-bond donors (Lipinski definition) is 0. The first kappa shape index (κ1) is 37.7. The van der Waals surface area contributed by atoms with Crippen LogP contribution in [0.25, 0.3) is 38.6 Å². The molecule has 1 saturated carbocycles. The van der Waals surface area contributed by atoms with Gasteiger partial charge in [-0.05, 0) is 123 Å². The van der Waals surface area contributed by atoms with E-state index in [-0.39, 0.29) is 28.5 Å². The van der Waals surface area contributed by atoms with Crippen molar-refractivity contribution in [2.45, 2.75) is 103 Å². The lowest BCUT2D eigenvalue weighted by molar-refractivity contribution is 0.195. The van der Waals surface area contributed by atoms with Gasteiger partial charge in [0, 0.05) is 50.1 Å². The highest BCUT2D eigenvalue weighted by atomic mass is 15.3. The second-order valence-electron chi connectivity index (χ2n) is 21.3. The van der Waals surface area contributed by atoms with E-state index in [1.807, 2.05) is 0 Å². The van der Waals surface area contributed by atoms with Crippen LogP contribution in [0.15, 0.2) is 146 Å². The summed E-state index contributed by atoms with van der Waals surface area (Å²) in [6.45, 7) is 19.1. The van der Waals surface area contributed by atoms with Gasteiger partial charge in [0.25, 0.3) is 6.71 Å². The maximum Gasteiger partial charge on any atom is 0.252 e. The summed E-state index contributed by atoms with van der Waals surface area (Å²) in [7, 11) is 0. The van der Waals surface area contributed by atoms with Crippen LogP contribution in [0.3, 0.4) is 0 Å². The number of nitrogens with zero attached hydrogens (tertiary/aromatic N) is 3. The minimum atomic E-state index is -0.104. The third-order valence-electron chi connectivity index (χ3n) is 15.8. The first-order valence-electron chi connectivity index (χ1n) is 23.0. The van der Waals surface area contributed by atoms with E-state index in [9.17, 15) is 0 Å². The molecular formula is C58H56BN3. The number of benzene rings is 7. The van der Waals surface area contributed by atoms with Crippen LogP contribution in [0.2, 0.25) is 0 Å². The Balaban J connectivity index is 1.21. The summed E-state index contributed by atoms with van der Waals surface area (Å²) in [6.07, 6.45) is 4.83. The van der Waals surface area contributed by atoms with Crippen molar-refractivity contribution in [2.24, 2.45) is 0 Å². The van der Waals surface area contributed by atoms with Crippen molar-refractivity contribution in [3.8, 4) is 16.8 Å². The summed E-state index contributed by atoms with van der Waals surface area (Å²) in [5.41, 5.74) is 21.4. The molecule has 1 aliphatic carbocycles. The zero-order valence-corrected chi connectivity index (χ0v) is 37.6. The molecular weight excluding hydrogens is 749 g/mol. The smallest absolute Gasteiger partial charge is 0.252 e. The predicted molar refractivity (Wildman–Crippen MR) is 266 cm³/mol. The number of fused-ring (bicyclic) bond motifs is 10. The number of para-hydroxylation sites is 2. The van der Waals surface area contributed by atoms with E-state index in [1.54, 1.807) is 0 Å². The van der Waals surface area contributed by atoms with Gasteiger partial charge in [-0.15, -0.1) is 0 Å². The van der Waals surface area contributed by atoms with Gasteiger partial charge < -0.3 is 14.4 Å². The molecule has 0 N–H and O–H groups in total. The third-order valence-corrected chi connectivity index (χ3v) is 15.8. The highest BCUT2D eigenvalue weighted by molar-refractivity contribution is 7.00. The molecule has 12 rings (SSSR count). The summed E-state index contributed by atoms with van der Waals surface area (Å²) >= 11 is 0. The Labute approximate surface area is 368 Å². The van der Waals surface area contributed by atoms with Gasteiger partial charge in [0.15, 0.2) is 0 Å². The van der Waals surface area contributed by atoms with Crippen molar-refractivity contribution in [1.29, 1.82) is 0 Å². The van der Waals surface area contributed by atoms with Crippen LogP contribution in [0.5, 0.6) is 0 Å². The summed E-state index contributed by atoms with van der Waals surface area (Å²) in [4.78, 5) is 5.41. The predicted octanol–water partition coefficient (Wildman–Crippen LogP) is 13.4. The van der Waals surface area contributed by atoms with E-state index in [1.165, 1.54) is 119 Å². The van der Waals surface area contributed by atoms with Gasteiger partial charge in [-0.25, -0.2) is 0 Å². The fourth-order valence-electron chi connectivity index (χ4n) is 12.3. The molecule has 2 atom stereocenters. The van der Waals surface area contributed by atoms with E-state index in [2.05, 4.69) is 215 Å². The second kappa shape index (κ2) is 12.8. The summed E-state index contributed by atoms with van der Waals surface area (Å²) < 4.78 is 2.63. The molecule has 0 saturated heterocycles. The van der Waals surface area contributed by atoms with Crippen molar-refractivity contribution in [3.63, 3.8) is 0 Å². The Bertz CT molecular complexity index is 3070. The van der Waals surface area contributed by atoms with Crippen LogP contribution < -0.4 is 26.2 Å². The van der Waals surface area contributed by atoms with Crippen LogP contribution in [0.4, 0.5) is 28.4 Å². The Morgan fingerprint density at radius 3 is 1.84 bits per heavy atom. The first-order valence-corrected chi connectivity index (χ1v) is 23.0. The lowest BCUT2D eigenvalue weighted by atomic mass is 9.33. The molecule has 4 aliphatic rings. The van der Waals surface area contributed by atoms with Crippen molar-refractivity contribution < 1.29 is 0 Å². The minimum Gasteiger partial charge on any atom is -0.335 e. The molecule has 0 radical (unpaired) electrons. The van der Waals surface area contributed by atoms with Gasteiger partial charge in [-0.3, -0.25) is 0 Å². The lowest BCUT2D eigenvalue weighted by Crippen LogP contribution is -2.64. The molecule has 0 amide bonds. The van der Waals surface area contributed by atoms with Crippen molar-refractivity contribution >= 4 is 73.3 Å². The van der Waals surface area contributed by atoms with Gasteiger partial charge in [0.1, 0.15) is 0 Å². The van der Waals surface area contributed by atoms with E-state index < -0.39 is 0 Å². The molecule has 306 valence electrons. The number of anilines is 5. The molecule has 4 heterocycles. The van der Waals surface area contributed by atoms with Crippen LogP contribution in [0.1, 0.15) is 97.8 Å². The average Bonchev–Trinajstić information content (AvgIpc) is 3.71. The van der Waals surface area contributed by atoms with Gasteiger partial charge in [0.05, 0.1) is 16.7 Å². The van der Waals surface area contributed by atoms with Crippen molar-refractivity contribution in [2.75, 3.05) is 9.80 Å². The van der Waals surface area contributed by atoms with Gasteiger partial charge in [0.2, 0.25) is 0 Å². The molecule has 4 heteroatoms. The molecule has 3 nitrogen and oxygen atoms in total. The van der Waals surface area contributed by atoms with Crippen LogP contribution in [-0.4, -0.2) is 16.8 Å². The monoisotopic (exact) mass is 805 g/mol. The van der Waals surface area contributed by atoms with Crippen molar-refractivity contribution in [1.82, 2.24) is 4.57 Å². The molecule has 1 fully saturated rings. The average molecular weight is 806 g/mol. The lowest BCUT2D eigenvalue weighted by Gasteiger charge is -2.52. The fourth-order valence-corrected chi connectivity index (χ4v) is 12.3. The minimum absolute atomic E-state index is 0.0181. The van der Waals surface area contributed by atoms with Crippen molar-refractivity contribution in [3.05, 3.63) is 162 Å². The highest BCUT2D eigenvalue weighted by Crippen LogP contribution is 2.62. The molecule has 62 heavy (non-hydrogen) atoms. The second-order valence-corrected chi connectivity index (χ2v) is 21.3. The normalized spacial score (nSPS) is 19.7. The fraction of sp³-hybridized carbons (Fsp3) is 0.276. The zero-order valence-electron chi connectivity index (χ0n) is 37.6. The van der Waals surface area contributed by atoms with E-state index >= 15 is 0 Å². The third kappa shape index (κ3) is 5.07. The van der Waals surface area contributed by atoms with Crippen LogP contribution in [0, 0.1) is 0 Å². The SMILES string of the molecule is CC(C)(C)c1ccc(N(c2ccc(C(C)(C)C)cc2)c2cc3c4c(c2)-n2c5ccccc5c5cccc(c52)B4c2cc(-c4ccccc4)cc4c2N3C2(C)CCCCC42C)cc1. The van der Waals surface area contributed by atoms with E-state index in [4.69, 9.17) is 0 Å². The summed E-state index contributed by atoms with van der Waals surface area (Å²) in [6, 6.07) is 56.3. The maximum atomic E-state index is 2.88. The first-order chi connectivity index (χ1) is 29.8. The summed E-state index contributed by atoms with van der Waals surface area (Å²) in [5, 5.41) is 2.64. The number of rotatable bonds is 4. The van der Waals surface area contributed by atoms with E-state index in [0.717, 1.165) is 6.42 Å². The Kier molecular flexibility index (Phi) is 7.78. The molecule has 1 aromatic heterocycles. The Morgan fingerprint density at radius 1 is 0.548 bits per heavy atom. The molecule has 7 aromatic carbocycles. The highest BCUT2D eigenvalue weighted by Gasteiger charge is 2.61. The largest absolute Gasteiger partial charge is 0.335 e. The Morgan fingerprint density at radius 2 is 1.16 bits per heavy atom. The molecule has 0 bridgehead atoms. The Hall–Kier alpha value is -6.00. The van der Waals surface area contributed by atoms with Gasteiger partial charge in [-0.1, -0.05) is 158 Å². The number of aromatic nitrogens is 1. The maximum absolute atomic E-state index is 2.88. The standard InChI is InChI=1S/C58H56BN3/c1-55(2,3)39-23-27-41(28-24-39)60(42-29-25-40(26-30-42)56(4,5)6)43-35-50-52-51(36-43)62-54-46(57(7)31-14-15-32-58(57,62)8)33-38(37-17-10-9-11-18-37)34-48(54)59(52)47-21-16-20-45-44-19-12-13-22-49(44)61(50)53(45)47/h9-13,16-30,33-36H,14-15,31-32H2,1-8H3. The topological polar surface area (TPSA) is 11.4 Å². The molecule has 3 aliphatic heterocycles. The quantitative estimate of drug-likeness (QED) is 0.164. The van der Waals surface area contributed by atoms with Gasteiger partial charge in [-0.2, -0.15) is 0 Å². The van der Waals surface area contributed by atoms with Gasteiger partial charge >= 0.3 is 0 Å². The molecule has 8 aromatic rings. The molecule has 0 spiro atoms. The van der Waals surface area contributed by atoms with Crippen LogP contribution >= 0.6 is 0 Å². The molecule has 2 unspecified atom stereocenters. The van der Waals surface area contributed by atoms with Crippen LogP contribution in [-0.2, 0) is 16.2 Å². The summed E-state index contributed by atoms with van der Waals surface area (Å²) in [5.74, 6) is 0. The zero-order chi connectivity index (χ0) is 42.5. The van der Waals surface area contributed by atoms with E-state index in [0.29, 0.717) is 0 Å². The number of hydrogen-bond acceptors (Lipinski definition) is 2.